The fraction of sp³-hybridized carbons (Fsp3) is 0.909. The molecule has 1 saturated carbocycles. The number of hydrogen-bond acceptors (Lipinski definition) is 1. The Hall–Kier alpha value is -0.0500. The van der Waals surface area contributed by atoms with Crippen LogP contribution in [0.5, 0.6) is 0 Å². The van der Waals surface area contributed by atoms with Gasteiger partial charge in [-0.25, -0.2) is 0 Å². The summed E-state index contributed by atoms with van der Waals surface area (Å²) in [5.41, 5.74) is 0. The van der Waals surface area contributed by atoms with Crippen molar-refractivity contribution in [1.29, 1.82) is 0 Å². The molecular weight excluding hydrogens is 242 g/mol. The largest absolute Gasteiger partial charge is 0.353 e. The van der Waals surface area contributed by atoms with Crippen molar-refractivity contribution in [2.75, 3.05) is 5.33 Å². The van der Waals surface area contributed by atoms with Gasteiger partial charge >= 0.3 is 0 Å². The Morgan fingerprint density at radius 3 is 2.71 bits per heavy atom. The van der Waals surface area contributed by atoms with Gasteiger partial charge in [-0.1, -0.05) is 22.4 Å². The number of nitrogens with one attached hydrogen (secondary N) is 1. The highest BCUT2D eigenvalue weighted by Crippen LogP contribution is 2.29. The van der Waals surface area contributed by atoms with Crippen molar-refractivity contribution in [2.45, 2.75) is 51.5 Å². The van der Waals surface area contributed by atoms with E-state index in [1.54, 1.807) is 0 Å². The van der Waals surface area contributed by atoms with E-state index in [0.717, 1.165) is 24.1 Å². The van der Waals surface area contributed by atoms with Crippen LogP contribution in [0.3, 0.4) is 0 Å². The van der Waals surface area contributed by atoms with Gasteiger partial charge in [-0.3, -0.25) is 4.79 Å². The Labute approximate surface area is 95.0 Å². The molecule has 1 aliphatic rings. The third kappa shape index (κ3) is 3.99. The lowest BCUT2D eigenvalue weighted by molar-refractivity contribution is -0.122. The summed E-state index contributed by atoms with van der Waals surface area (Å²) < 4.78 is 0. The molecule has 1 amide bonds. The summed E-state index contributed by atoms with van der Waals surface area (Å²) in [5.74, 6) is 0.973. The summed E-state index contributed by atoms with van der Waals surface area (Å²) in [6, 6.07) is 0.389. The van der Waals surface area contributed by atoms with E-state index in [-0.39, 0.29) is 5.91 Å². The van der Waals surface area contributed by atoms with Crippen molar-refractivity contribution in [3.63, 3.8) is 0 Å². The quantitative estimate of drug-likeness (QED) is 0.578. The number of carbonyl (C=O) groups excluding carboxylic acids is 1. The molecule has 1 unspecified atom stereocenters. The number of carbonyl (C=O) groups is 1. The normalized spacial score (nSPS) is 18.7. The maximum atomic E-state index is 11.4. The van der Waals surface area contributed by atoms with Gasteiger partial charge in [0.05, 0.1) is 0 Å². The first-order valence-electron chi connectivity index (χ1n) is 5.59. The number of hydrogen-bond donors (Lipinski definition) is 1. The van der Waals surface area contributed by atoms with Crippen LogP contribution < -0.4 is 5.32 Å². The molecule has 2 nitrogen and oxygen atoms in total. The van der Waals surface area contributed by atoms with Crippen molar-refractivity contribution in [1.82, 2.24) is 5.32 Å². The zero-order chi connectivity index (χ0) is 10.4. The Kier molecular flexibility index (Phi) is 5.53. The molecule has 1 aliphatic carbocycles. The van der Waals surface area contributed by atoms with Crippen molar-refractivity contribution >= 4 is 21.8 Å². The fourth-order valence-corrected chi connectivity index (χ4v) is 2.16. The molecule has 0 aromatic carbocycles. The number of rotatable bonds is 6. The van der Waals surface area contributed by atoms with Crippen LogP contribution in [-0.4, -0.2) is 17.3 Å². The molecule has 1 N–H and O–H groups in total. The number of halogens is 1. The molecule has 3 heteroatoms. The molecule has 0 aromatic heterocycles. The Balaban J connectivity index is 2.06. The first-order chi connectivity index (χ1) is 6.74. The molecule has 1 fully saturated rings. The zero-order valence-corrected chi connectivity index (χ0v) is 10.5. The minimum absolute atomic E-state index is 0.227. The minimum Gasteiger partial charge on any atom is -0.353 e. The molecule has 0 aromatic rings. The Morgan fingerprint density at radius 2 is 2.21 bits per heavy atom. The van der Waals surface area contributed by atoms with Crippen LogP contribution in [0.15, 0.2) is 0 Å². The molecular formula is C11H20BrNO. The van der Waals surface area contributed by atoms with Crippen LogP contribution in [0.25, 0.3) is 0 Å². The number of amides is 1. The smallest absolute Gasteiger partial charge is 0.220 e. The summed E-state index contributed by atoms with van der Waals surface area (Å²) in [6.07, 6.45) is 6.70. The summed E-state index contributed by atoms with van der Waals surface area (Å²) in [6.45, 7) is 2.13. The summed E-state index contributed by atoms with van der Waals surface area (Å²) in [4.78, 5) is 11.4. The van der Waals surface area contributed by atoms with E-state index in [2.05, 4.69) is 28.2 Å². The molecule has 0 radical (unpaired) electrons. The monoisotopic (exact) mass is 261 g/mol. The standard InChI is InChI=1S/C11H20BrNO/c1-9(10-5-4-6-10)13-11(14)7-2-3-8-12/h9-10H,2-8H2,1H3,(H,13,14). The van der Waals surface area contributed by atoms with E-state index < -0.39 is 0 Å². The molecule has 0 aliphatic heterocycles. The number of unbranched alkanes of at least 4 members (excludes halogenated alkanes) is 1. The first-order valence-corrected chi connectivity index (χ1v) is 6.71. The molecule has 82 valence electrons. The molecule has 14 heavy (non-hydrogen) atoms. The fourth-order valence-electron chi connectivity index (χ4n) is 1.76. The number of alkyl halides is 1. The van der Waals surface area contributed by atoms with Gasteiger partial charge in [0, 0.05) is 17.8 Å². The summed E-state index contributed by atoms with van der Waals surface area (Å²) >= 11 is 3.36. The predicted molar refractivity (Wildman–Crippen MR) is 62.6 cm³/mol. The predicted octanol–water partition coefficient (Wildman–Crippen LogP) is 2.86. The third-order valence-corrected chi connectivity index (χ3v) is 3.59. The second kappa shape index (κ2) is 6.44. The van der Waals surface area contributed by atoms with E-state index in [1.165, 1.54) is 19.3 Å². The molecule has 1 atom stereocenters. The van der Waals surface area contributed by atoms with Gasteiger partial charge in [-0.2, -0.15) is 0 Å². The maximum Gasteiger partial charge on any atom is 0.220 e. The van der Waals surface area contributed by atoms with Crippen molar-refractivity contribution in [3.05, 3.63) is 0 Å². The van der Waals surface area contributed by atoms with Crippen molar-refractivity contribution in [2.24, 2.45) is 5.92 Å². The first kappa shape index (κ1) is 12.0. The van der Waals surface area contributed by atoms with Gasteiger partial charge in [0.1, 0.15) is 0 Å². The van der Waals surface area contributed by atoms with Crippen LogP contribution in [-0.2, 0) is 4.79 Å². The molecule has 0 heterocycles. The van der Waals surface area contributed by atoms with Crippen LogP contribution in [0.1, 0.15) is 45.4 Å². The van der Waals surface area contributed by atoms with Gasteiger partial charge in [-0.15, -0.1) is 0 Å². The van der Waals surface area contributed by atoms with Gasteiger partial charge in [-0.05, 0) is 38.5 Å². The van der Waals surface area contributed by atoms with E-state index in [0.29, 0.717) is 12.5 Å². The van der Waals surface area contributed by atoms with Gasteiger partial charge in [0.2, 0.25) is 5.91 Å². The second-order valence-electron chi connectivity index (χ2n) is 4.19. The highest BCUT2D eigenvalue weighted by atomic mass is 79.9. The lowest BCUT2D eigenvalue weighted by Gasteiger charge is -2.31. The van der Waals surface area contributed by atoms with Gasteiger partial charge in [0.25, 0.3) is 0 Å². The van der Waals surface area contributed by atoms with Gasteiger partial charge in [0.15, 0.2) is 0 Å². The van der Waals surface area contributed by atoms with E-state index in [9.17, 15) is 4.79 Å². The molecule has 0 saturated heterocycles. The summed E-state index contributed by atoms with van der Waals surface area (Å²) in [5, 5.41) is 4.08. The van der Waals surface area contributed by atoms with Crippen LogP contribution >= 0.6 is 15.9 Å². The van der Waals surface area contributed by atoms with Crippen molar-refractivity contribution in [3.8, 4) is 0 Å². The zero-order valence-electron chi connectivity index (χ0n) is 8.89. The Morgan fingerprint density at radius 1 is 1.50 bits per heavy atom. The molecule has 0 spiro atoms. The highest BCUT2D eigenvalue weighted by molar-refractivity contribution is 9.09. The Bertz CT molecular complexity index is 180. The van der Waals surface area contributed by atoms with E-state index >= 15 is 0 Å². The molecule has 1 rings (SSSR count). The summed E-state index contributed by atoms with van der Waals surface area (Å²) in [7, 11) is 0. The average Bonchev–Trinajstić information content (AvgIpc) is 2.00. The molecule has 0 bridgehead atoms. The highest BCUT2D eigenvalue weighted by Gasteiger charge is 2.24. The lowest BCUT2D eigenvalue weighted by atomic mass is 9.80. The van der Waals surface area contributed by atoms with Gasteiger partial charge < -0.3 is 5.32 Å². The maximum absolute atomic E-state index is 11.4. The minimum atomic E-state index is 0.227. The van der Waals surface area contributed by atoms with E-state index in [4.69, 9.17) is 0 Å². The second-order valence-corrected chi connectivity index (χ2v) is 4.99. The topological polar surface area (TPSA) is 29.1 Å². The average molecular weight is 262 g/mol. The lowest BCUT2D eigenvalue weighted by Crippen LogP contribution is -2.40. The third-order valence-electron chi connectivity index (χ3n) is 3.03. The van der Waals surface area contributed by atoms with Crippen LogP contribution in [0.2, 0.25) is 0 Å². The van der Waals surface area contributed by atoms with Crippen LogP contribution in [0.4, 0.5) is 0 Å². The van der Waals surface area contributed by atoms with Crippen LogP contribution in [0, 0.1) is 5.92 Å². The van der Waals surface area contributed by atoms with Crippen molar-refractivity contribution < 1.29 is 4.79 Å². The SMILES string of the molecule is CC(NC(=O)CCCCBr)C1CCC1. The van der Waals surface area contributed by atoms with E-state index in [1.807, 2.05) is 0 Å².